The van der Waals surface area contributed by atoms with Crippen LogP contribution < -0.4 is 5.32 Å². The highest BCUT2D eigenvalue weighted by atomic mass is 15.3. The molecule has 1 heterocycles. The van der Waals surface area contributed by atoms with Gasteiger partial charge in [-0.25, -0.2) is 0 Å². The Morgan fingerprint density at radius 2 is 1.89 bits per heavy atom. The minimum absolute atomic E-state index is 0.772. The standard InChI is InChI=1S/C15H31N3/c1-3-15-13-18(12-11-17(15)2)10-9-16-14-7-5-4-6-8-14/h14-16H,3-13H2,1-2H3. The molecule has 2 rings (SSSR count). The van der Waals surface area contributed by atoms with Crippen LogP contribution in [0.2, 0.25) is 0 Å². The van der Waals surface area contributed by atoms with Crippen molar-refractivity contribution < 1.29 is 0 Å². The molecule has 1 saturated heterocycles. The molecule has 1 aliphatic carbocycles. The Balaban J connectivity index is 1.61. The van der Waals surface area contributed by atoms with Gasteiger partial charge in [0.15, 0.2) is 0 Å². The molecule has 1 saturated carbocycles. The summed E-state index contributed by atoms with van der Waals surface area (Å²) in [5, 5.41) is 3.76. The molecule has 0 bridgehead atoms. The van der Waals surface area contributed by atoms with E-state index in [1.54, 1.807) is 0 Å². The van der Waals surface area contributed by atoms with Crippen molar-refractivity contribution in [3.05, 3.63) is 0 Å². The Bertz CT molecular complexity index is 226. The molecule has 1 atom stereocenters. The van der Waals surface area contributed by atoms with Crippen LogP contribution in [-0.4, -0.2) is 61.7 Å². The molecule has 0 radical (unpaired) electrons. The molecule has 0 spiro atoms. The summed E-state index contributed by atoms with van der Waals surface area (Å²) in [6.07, 6.45) is 8.41. The van der Waals surface area contributed by atoms with Crippen molar-refractivity contribution in [1.82, 2.24) is 15.1 Å². The Morgan fingerprint density at radius 3 is 2.61 bits per heavy atom. The first-order chi connectivity index (χ1) is 8.79. The van der Waals surface area contributed by atoms with Crippen LogP contribution in [0.25, 0.3) is 0 Å². The summed E-state index contributed by atoms with van der Waals surface area (Å²) in [4.78, 5) is 5.16. The first-order valence-electron chi connectivity index (χ1n) is 7.95. The molecule has 1 N–H and O–H groups in total. The van der Waals surface area contributed by atoms with E-state index in [0.29, 0.717) is 0 Å². The maximum absolute atomic E-state index is 3.76. The number of hydrogen-bond donors (Lipinski definition) is 1. The molecular formula is C15H31N3. The summed E-state index contributed by atoms with van der Waals surface area (Å²) >= 11 is 0. The van der Waals surface area contributed by atoms with Crippen molar-refractivity contribution in [3.63, 3.8) is 0 Å². The van der Waals surface area contributed by atoms with Gasteiger partial charge in [0.05, 0.1) is 0 Å². The van der Waals surface area contributed by atoms with Crippen LogP contribution in [0.5, 0.6) is 0 Å². The van der Waals surface area contributed by atoms with Crippen molar-refractivity contribution in [2.75, 3.05) is 39.8 Å². The Kier molecular flexibility index (Phi) is 5.93. The zero-order valence-electron chi connectivity index (χ0n) is 12.3. The minimum Gasteiger partial charge on any atom is -0.313 e. The van der Waals surface area contributed by atoms with Gasteiger partial charge in [-0.1, -0.05) is 26.2 Å². The second kappa shape index (κ2) is 7.46. The highest BCUT2D eigenvalue weighted by Gasteiger charge is 2.22. The zero-order valence-corrected chi connectivity index (χ0v) is 12.3. The van der Waals surface area contributed by atoms with Gasteiger partial charge >= 0.3 is 0 Å². The lowest BCUT2D eigenvalue weighted by Gasteiger charge is -2.39. The Labute approximate surface area is 113 Å². The van der Waals surface area contributed by atoms with Crippen LogP contribution >= 0.6 is 0 Å². The molecule has 2 fully saturated rings. The molecule has 3 nitrogen and oxygen atoms in total. The van der Waals surface area contributed by atoms with Crippen LogP contribution in [0, 0.1) is 0 Å². The van der Waals surface area contributed by atoms with Crippen molar-refractivity contribution in [2.45, 2.75) is 57.5 Å². The van der Waals surface area contributed by atoms with E-state index in [2.05, 4.69) is 29.1 Å². The topological polar surface area (TPSA) is 18.5 Å². The average Bonchev–Trinajstić information content (AvgIpc) is 2.42. The minimum atomic E-state index is 0.772. The van der Waals surface area contributed by atoms with E-state index in [4.69, 9.17) is 0 Å². The second-order valence-electron chi connectivity index (χ2n) is 6.13. The van der Waals surface area contributed by atoms with E-state index in [-0.39, 0.29) is 0 Å². The van der Waals surface area contributed by atoms with E-state index in [9.17, 15) is 0 Å². The molecule has 0 aromatic heterocycles. The predicted molar refractivity (Wildman–Crippen MR) is 78.0 cm³/mol. The largest absolute Gasteiger partial charge is 0.313 e. The van der Waals surface area contributed by atoms with Gasteiger partial charge in [0.25, 0.3) is 0 Å². The number of rotatable bonds is 5. The number of nitrogens with one attached hydrogen (secondary N) is 1. The molecule has 0 amide bonds. The third-order valence-electron chi connectivity index (χ3n) is 4.80. The van der Waals surface area contributed by atoms with E-state index in [1.807, 2.05) is 0 Å². The second-order valence-corrected chi connectivity index (χ2v) is 6.13. The highest BCUT2D eigenvalue weighted by Crippen LogP contribution is 2.17. The molecule has 3 heteroatoms. The van der Waals surface area contributed by atoms with Gasteiger partial charge in [0.2, 0.25) is 0 Å². The summed E-state index contributed by atoms with van der Waals surface area (Å²) in [5.74, 6) is 0. The monoisotopic (exact) mass is 253 g/mol. The van der Waals surface area contributed by atoms with E-state index in [0.717, 1.165) is 12.1 Å². The molecular weight excluding hydrogens is 222 g/mol. The third kappa shape index (κ3) is 4.22. The number of hydrogen-bond acceptors (Lipinski definition) is 3. The van der Waals surface area contributed by atoms with Crippen LogP contribution in [0.3, 0.4) is 0 Å². The summed E-state index contributed by atoms with van der Waals surface area (Å²) in [6, 6.07) is 1.58. The van der Waals surface area contributed by atoms with Gasteiger partial charge in [0, 0.05) is 44.8 Å². The predicted octanol–water partition coefficient (Wildman–Crippen LogP) is 1.93. The molecule has 18 heavy (non-hydrogen) atoms. The van der Waals surface area contributed by atoms with Gasteiger partial charge in [-0.2, -0.15) is 0 Å². The lowest BCUT2D eigenvalue weighted by Crippen LogP contribution is -2.52. The van der Waals surface area contributed by atoms with Crippen LogP contribution in [0.15, 0.2) is 0 Å². The smallest absolute Gasteiger partial charge is 0.0218 e. The van der Waals surface area contributed by atoms with Crippen molar-refractivity contribution in [3.8, 4) is 0 Å². The first-order valence-corrected chi connectivity index (χ1v) is 7.95. The molecule has 0 aromatic carbocycles. The first kappa shape index (κ1) is 14.3. The summed E-state index contributed by atoms with van der Waals surface area (Å²) in [7, 11) is 2.27. The highest BCUT2D eigenvalue weighted by molar-refractivity contribution is 4.80. The van der Waals surface area contributed by atoms with E-state index >= 15 is 0 Å². The average molecular weight is 253 g/mol. The van der Waals surface area contributed by atoms with Gasteiger partial charge in [-0.05, 0) is 26.3 Å². The SMILES string of the molecule is CCC1CN(CCNC2CCCCC2)CCN1C. The lowest BCUT2D eigenvalue weighted by atomic mass is 9.95. The van der Waals surface area contributed by atoms with Crippen LogP contribution in [0.4, 0.5) is 0 Å². The molecule has 2 aliphatic rings. The van der Waals surface area contributed by atoms with Gasteiger partial charge in [0.1, 0.15) is 0 Å². The maximum Gasteiger partial charge on any atom is 0.0218 e. The van der Waals surface area contributed by atoms with Crippen molar-refractivity contribution >= 4 is 0 Å². The van der Waals surface area contributed by atoms with E-state index < -0.39 is 0 Å². The van der Waals surface area contributed by atoms with Gasteiger partial charge < -0.3 is 10.2 Å². The van der Waals surface area contributed by atoms with Crippen molar-refractivity contribution in [2.24, 2.45) is 0 Å². The normalized spacial score (nSPS) is 28.7. The Hall–Kier alpha value is -0.120. The number of piperazine rings is 1. The van der Waals surface area contributed by atoms with Crippen LogP contribution in [-0.2, 0) is 0 Å². The van der Waals surface area contributed by atoms with Crippen LogP contribution in [0.1, 0.15) is 45.4 Å². The zero-order chi connectivity index (χ0) is 12.8. The fourth-order valence-electron chi connectivity index (χ4n) is 3.39. The fraction of sp³-hybridized carbons (Fsp3) is 1.00. The fourth-order valence-corrected chi connectivity index (χ4v) is 3.39. The summed E-state index contributed by atoms with van der Waals surface area (Å²) in [6.45, 7) is 8.48. The summed E-state index contributed by atoms with van der Waals surface area (Å²) in [5.41, 5.74) is 0. The van der Waals surface area contributed by atoms with Gasteiger partial charge in [-0.3, -0.25) is 4.90 Å². The number of nitrogens with zero attached hydrogens (tertiary/aromatic N) is 2. The third-order valence-corrected chi connectivity index (χ3v) is 4.80. The molecule has 106 valence electrons. The quantitative estimate of drug-likeness (QED) is 0.808. The maximum atomic E-state index is 3.76. The van der Waals surface area contributed by atoms with E-state index in [1.165, 1.54) is 71.2 Å². The Morgan fingerprint density at radius 1 is 1.11 bits per heavy atom. The number of likely N-dealkylation sites (N-methyl/N-ethyl adjacent to an activating group) is 1. The van der Waals surface area contributed by atoms with Gasteiger partial charge in [-0.15, -0.1) is 0 Å². The molecule has 1 aliphatic heterocycles. The summed E-state index contributed by atoms with van der Waals surface area (Å²) < 4.78 is 0. The lowest BCUT2D eigenvalue weighted by molar-refractivity contribution is 0.0930. The molecule has 1 unspecified atom stereocenters. The van der Waals surface area contributed by atoms with Crippen molar-refractivity contribution in [1.29, 1.82) is 0 Å². The molecule has 0 aromatic rings.